The van der Waals surface area contributed by atoms with E-state index in [-0.39, 0.29) is 107 Å². The molecule has 16 nitrogen and oxygen atoms in total. The first-order valence-corrected chi connectivity index (χ1v) is 39.8. The normalized spacial score (nSPS) is 23.5. The van der Waals surface area contributed by atoms with Crippen LogP contribution in [0.4, 0.5) is 0 Å². The molecule has 4 aliphatic heterocycles. The second-order valence-electron chi connectivity index (χ2n) is 26.1. The zero-order valence-corrected chi connectivity index (χ0v) is 56.9. The molecule has 8 atom stereocenters. The molecule has 0 saturated carbocycles. The minimum atomic E-state index is -1.95. The number of nitrogens with two attached hydrogens (primary N) is 1. The lowest BCUT2D eigenvalue weighted by molar-refractivity contribution is -0.138. The highest BCUT2D eigenvalue weighted by molar-refractivity contribution is 14.1. The molecule has 7 N–H and O–H groups in total. The number of rotatable bonds is 17. The Morgan fingerprint density at radius 2 is 0.779 bits per heavy atom. The average molecular weight is 1270 g/mol. The fourth-order valence-electron chi connectivity index (χ4n) is 7.43. The van der Waals surface area contributed by atoms with Crippen molar-refractivity contribution in [2.24, 2.45) is 29.4 Å². The summed E-state index contributed by atoms with van der Waals surface area (Å²) in [5.74, 6) is -1.31. The van der Waals surface area contributed by atoms with E-state index in [0.717, 1.165) is 21.5 Å². The first-order chi connectivity index (χ1) is 33.8. The molecule has 4 fully saturated rings. The lowest BCUT2D eigenvalue weighted by Gasteiger charge is -2.42. The van der Waals surface area contributed by atoms with Crippen molar-refractivity contribution >= 4 is 85.5 Å². The molecule has 4 heterocycles. The molecule has 0 aromatic heterocycles. The number of halogens is 1. The first kappa shape index (κ1) is 76.7. The highest BCUT2D eigenvalue weighted by atomic mass is 127. The van der Waals surface area contributed by atoms with E-state index < -0.39 is 45.2 Å². The van der Waals surface area contributed by atoms with E-state index in [9.17, 15) is 24.0 Å². The van der Waals surface area contributed by atoms with Gasteiger partial charge in [0.25, 0.3) is 0 Å². The zero-order valence-electron chi connectivity index (χ0n) is 50.7. The van der Waals surface area contributed by atoms with Crippen LogP contribution in [0.15, 0.2) is 47.1 Å². The summed E-state index contributed by atoms with van der Waals surface area (Å²) < 4.78 is 30.8. The molecule has 0 unspecified atom stereocenters. The summed E-state index contributed by atoms with van der Waals surface area (Å²) in [6.07, 6.45) is 6.40. The number of hydrogen-bond acceptors (Lipinski definition) is 12. The van der Waals surface area contributed by atoms with Crippen LogP contribution in [-0.4, -0.2) is 117 Å². The summed E-state index contributed by atoms with van der Waals surface area (Å²) in [4.78, 5) is 58.2. The molecule has 4 rings (SSSR count). The van der Waals surface area contributed by atoms with Crippen LogP contribution in [0.25, 0.3) is 0 Å². The van der Waals surface area contributed by atoms with Crippen LogP contribution < -0.4 is 27.0 Å². The maximum Gasteiger partial charge on any atom is 0.332 e. The van der Waals surface area contributed by atoms with Gasteiger partial charge in [-0.15, -0.1) is 0 Å². The average Bonchev–Trinajstić information content (AvgIpc) is 3.18. The van der Waals surface area contributed by atoms with Crippen LogP contribution in [0, 0.1) is 23.7 Å². The summed E-state index contributed by atoms with van der Waals surface area (Å²) in [5, 5.41) is 20.4. The predicted octanol–water partition coefficient (Wildman–Crippen LogP) is 11.3. The first-order valence-electron chi connectivity index (χ1n) is 26.6. The van der Waals surface area contributed by atoms with Gasteiger partial charge in [-0.2, -0.15) is 0 Å². The van der Waals surface area contributed by atoms with Gasteiger partial charge in [0.15, 0.2) is 33.3 Å². The maximum absolute atomic E-state index is 11.8. The fraction of sp³-hybridized carbons (Fsp3) is 0.768. The van der Waals surface area contributed by atoms with Gasteiger partial charge >= 0.3 is 5.97 Å². The van der Waals surface area contributed by atoms with Gasteiger partial charge in [0, 0.05) is 39.8 Å². The molecule has 77 heavy (non-hydrogen) atoms. The van der Waals surface area contributed by atoms with Crippen molar-refractivity contribution in [2.45, 2.75) is 230 Å². The van der Waals surface area contributed by atoms with Gasteiger partial charge in [-0.05, 0) is 113 Å². The Hall–Kier alpha value is -2.33. The van der Waals surface area contributed by atoms with Gasteiger partial charge in [0.1, 0.15) is 23.7 Å². The Labute approximate surface area is 485 Å². The Kier molecular flexibility index (Phi) is 30.0. The maximum atomic E-state index is 11.8. The van der Waals surface area contributed by atoms with Crippen molar-refractivity contribution in [3.05, 3.63) is 47.1 Å². The highest BCUT2D eigenvalue weighted by Gasteiger charge is 2.49. The van der Waals surface area contributed by atoms with Crippen molar-refractivity contribution in [1.29, 1.82) is 0 Å². The number of amides is 4. The van der Waals surface area contributed by atoms with Crippen LogP contribution in [0.3, 0.4) is 0 Å². The second kappa shape index (κ2) is 30.1. The summed E-state index contributed by atoms with van der Waals surface area (Å²) in [5.41, 5.74) is 8.80. The molecular weight excluding hydrogens is 1160 g/mol. The molecule has 0 spiro atoms. The minimum Gasteiger partial charge on any atom is -0.463 e. The number of ether oxygens (including phenoxy) is 1. The van der Waals surface area contributed by atoms with Crippen molar-refractivity contribution in [3.8, 4) is 0 Å². The Morgan fingerprint density at radius 1 is 0.532 bits per heavy atom. The number of esters is 1. The molecule has 21 heteroatoms. The summed E-state index contributed by atoms with van der Waals surface area (Å²) in [6.45, 7) is 54.0. The fourth-order valence-corrected chi connectivity index (χ4v) is 13.6. The monoisotopic (exact) mass is 1270 g/mol. The lowest BCUT2D eigenvalue weighted by atomic mass is 9.91. The number of β-lactam (4-membered cyclic amide) rings is 4. The Morgan fingerprint density at radius 3 is 1.00 bits per heavy atom. The van der Waals surface area contributed by atoms with Crippen molar-refractivity contribution in [3.63, 3.8) is 0 Å². The van der Waals surface area contributed by atoms with Crippen LogP contribution in [-0.2, 0) is 46.4 Å². The quantitative estimate of drug-likeness (QED) is 0.0200. The van der Waals surface area contributed by atoms with Gasteiger partial charge < -0.3 is 54.5 Å². The Balaban J connectivity index is 0. The molecule has 0 radical (unpaired) electrons. The molecule has 0 aliphatic carbocycles. The van der Waals surface area contributed by atoms with E-state index in [0.29, 0.717) is 18.8 Å². The summed E-state index contributed by atoms with van der Waals surface area (Å²) in [6, 6.07) is 0. The molecule has 4 aliphatic rings. The largest absolute Gasteiger partial charge is 0.463 e. The second-order valence-corrected chi connectivity index (χ2v) is 46.0. The smallest absolute Gasteiger partial charge is 0.332 e. The lowest BCUT2D eigenvalue weighted by Crippen LogP contribution is -2.55. The number of hydrogen-bond donors (Lipinski definition) is 6. The number of aliphatic hydroxyl groups excluding tert-OH is 1. The van der Waals surface area contributed by atoms with E-state index in [1.165, 1.54) is 6.08 Å². The molecule has 0 aromatic carbocycles. The van der Waals surface area contributed by atoms with Crippen LogP contribution in [0.1, 0.15) is 133 Å². The molecular formula is C56H110IN5O11Si4. The summed E-state index contributed by atoms with van der Waals surface area (Å²) >= 11 is 2.28. The van der Waals surface area contributed by atoms with Crippen molar-refractivity contribution in [2.75, 3.05) is 24.2 Å². The van der Waals surface area contributed by atoms with Gasteiger partial charge in [-0.25, -0.2) is 4.79 Å². The number of nitrogens with one attached hydrogen (secondary N) is 4. The summed E-state index contributed by atoms with van der Waals surface area (Å²) in [7, 11) is -7.45. The number of carbonyl (C=O) groups excluding carboxylic acids is 5. The van der Waals surface area contributed by atoms with Gasteiger partial charge in [-0.1, -0.05) is 133 Å². The Bertz CT molecular complexity index is 1950. The molecule has 0 bridgehead atoms. The highest BCUT2D eigenvalue weighted by Crippen LogP contribution is 2.43. The van der Waals surface area contributed by atoms with Gasteiger partial charge in [0.2, 0.25) is 23.6 Å². The van der Waals surface area contributed by atoms with E-state index in [1.54, 1.807) is 13.0 Å². The zero-order chi connectivity index (χ0) is 58.8. The van der Waals surface area contributed by atoms with E-state index >= 15 is 0 Å². The predicted molar refractivity (Wildman–Crippen MR) is 335 cm³/mol. The SMILES string of the molecule is C.C.CCOC(=O)/C=C1/NC(=O)[C@@H]1[C@@H](C)O[Si](C)(C)C(C)(C)C.C[C@@H](O[Si](C)(C)C(C)(C)C)[C@H]1C(=O)N/C1=C/CI.C[C@@H](O[Si](C)(C)C(C)(C)C)[C@H]1C(=O)N/C1=C/CN.C[C@@H](O[Si](C)(C)C(C)(C)C)[C@H]1C(=O)N/C1=C/CO. The minimum absolute atomic E-state index is 0. The number of aliphatic hydroxyl groups is 1. The molecule has 4 amide bonds. The topological polar surface area (TPSA) is 226 Å². The van der Waals surface area contributed by atoms with Gasteiger partial charge in [-0.3, -0.25) is 19.2 Å². The standard InChI is InChI=1S/C15H27NO4Si.C13H24INO2Si.C13H26N2O2Si.C13H25NO3Si.2CH4/c1-8-19-12(17)9-11-13(14(18)16-11)10(2)20-21(6,7)15(3,4)5;2*1-9(17-18(5,6)13(2,3)4)11-10(7-8-14)15-12(11)16;1-9(17-18(5,6)13(2,3)4)11-10(7-8-15)14-12(11)16;;/h9-10,13H,8H2,1-7H3,(H,16,18);7,9,11H,8H2,1-6H3,(H,15,16);7,9,11H,8,14H2,1-6H3,(H,15,16);7,9,11,15H,8H2,1-6H3,(H,14,16);2*1H4/b11-9+;3*10-7+;;/t10-,13-;3*9-,11-;;/m1111../s1. The van der Waals surface area contributed by atoms with E-state index in [4.69, 9.17) is 33.3 Å². The third-order valence-corrected chi connectivity index (χ3v) is 34.8. The molecule has 448 valence electrons. The molecule has 4 saturated heterocycles. The third-order valence-electron chi connectivity index (χ3n) is 16.1. The van der Waals surface area contributed by atoms with E-state index in [1.807, 2.05) is 33.8 Å². The van der Waals surface area contributed by atoms with Crippen LogP contribution in [0.2, 0.25) is 72.5 Å². The third kappa shape index (κ3) is 21.2. The van der Waals surface area contributed by atoms with Crippen molar-refractivity contribution in [1.82, 2.24) is 21.3 Å². The van der Waals surface area contributed by atoms with Crippen LogP contribution in [0.5, 0.6) is 0 Å². The van der Waals surface area contributed by atoms with Crippen molar-refractivity contribution < 1.29 is 51.5 Å². The number of allylic oxidation sites excluding steroid dienone is 1. The number of carbonyl (C=O) groups is 5. The van der Waals surface area contributed by atoms with E-state index in [2.05, 4.69) is 185 Å². The van der Waals surface area contributed by atoms with Gasteiger partial charge in [0.05, 0.1) is 37.6 Å². The van der Waals surface area contributed by atoms with Crippen LogP contribution >= 0.6 is 22.6 Å². The number of alkyl halides is 1. The molecule has 0 aromatic rings.